The van der Waals surface area contributed by atoms with Crippen molar-refractivity contribution in [3.8, 4) is 22.6 Å². The predicted molar refractivity (Wildman–Crippen MR) is 176 cm³/mol. The second kappa shape index (κ2) is 12.0. The Balaban J connectivity index is 1.19. The number of hydrogen-bond donors (Lipinski definition) is 2. The highest BCUT2D eigenvalue weighted by Crippen LogP contribution is 2.40. The SMILES string of the molecule is CCOc1ccn(-c2ccc(F)cc2)c(=O)c1C(=O)Nc1ccc(-c2cc(C3CCN4C(=O)CCC4C3)nc3c2c(N)nn3C)cc1. The molecule has 2 saturated heterocycles. The fraction of sp³-hybridized carbons (Fsp3) is 0.286. The van der Waals surface area contributed by atoms with Crippen LogP contribution in [0.2, 0.25) is 0 Å². The van der Waals surface area contributed by atoms with Crippen LogP contribution in [0, 0.1) is 5.82 Å². The van der Waals surface area contributed by atoms with Crippen molar-refractivity contribution >= 4 is 34.4 Å². The Bertz CT molecular complexity index is 2070. The highest BCUT2D eigenvalue weighted by atomic mass is 19.1. The van der Waals surface area contributed by atoms with Gasteiger partial charge in [-0.25, -0.2) is 14.1 Å². The molecule has 3 N–H and O–H groups in total. The van der Waals surface area contributed by atoms with Crippen LogP contribution in [0.1, 0.15) is 54.6 Å². The van der Waals surface area contributed by atoms with Crippen LogP contribution < -0.4 is 21.3 Å². The van der Waals surface area contributed by atoms with Gasteiger partial charge in [0, 0.05) is 55.2 Å². The standard InChI is InChI=1S/C35H34FN7O4/c1-3-47-28-15-17-43(24-10-6-22(36)7-11-24)35(46)31(28)34(45)38-23-8-4-20(5-9-23)26-19-27(39-33-30(26)32(37)40-41(33)2)21-14-16-42-25(18-21)12-13-29(42)44/h4-11,15,17,19,21,25H,3,12-14,16,18H2,1-2H3,(H2,37,40)(H,38,45). The number of fused-ring (bicyclic) bond motifs is 2. The number of pyridine rings is 2. The number of aromatic nitrogens is 4. The van der Waals surface area contributed by atoms with Crippen molar-refractivity contribution in [1.29, 1.82) is 0 Å². The molecule has 12 heteroatoms. The van der Waals surface area contributed by atoms with Crippen LogP contribution in [0.3, 0.4) is 0 Å². The Morgan fingerprint density at radius 3 is 2.60 bits per heavy atom. The van der Waals surface area contributed by atoms with Gasteiger partial charge in [0.15, 0.2) is 11.5 Å². The number of hydrogen-bond acceptors (Lipinski definition) is 7. The number of nitrogens with two attached hydrogens (primary N) is 1. The third kappa shape index (κ3) is 5.49. The number of halogens is 1. The molecule has 5 heterocycles. The molecule has 0 saturated carbocycles. The van der Waals surface area contributed by atoms with Crippen LogP contribution in [0.25, 0.3) is 27.8 Å². The average Bonchev–Trinajstić information content (AvgIpc) is 3.59. The number of ether oxygens (including phenoxy) is 1. The Kier molecular flexibility index (Phi) is 7.70. The number of rotatable bonds is 7. The molecule has 2 atom stereocenters. The maximum Gasteiger partial charge on any atom is 0.271 e. The van der Waals surface area contributed by atoms with Crippen LogP contribution in [-0.4, -0.2) is 55.2 Å². The Morgan fingerprint density at radius 1 is 1.09 bits per heavy atom. The minimum Gasteiger partial charge on any atom is -0.493 e. The van der Waals surface area contributed by atoms with Gasteiger partial charge in [-0.1, -0.05) is 12.1 Å². The smallest absolute Gasteiger partial charge is 0.271 e. The summed E-state index contributed by atoms with van der Waals surface area (Å²) in [5.41, 5.74) is 9.86. The van der Waals surface area contributed by atoms with E-state index in [1.807, 2.05) is 24.1 Å². The number of benzene rings is 2. The van der Waals surface area contributed by atoms with Crippen LogP contribution in [0.15, 0.2) is 71.7 Å². The number of anilines is 2. The van der Waals surface area contributed by atoms with Gasteiger partial charge in [0.05, 0.1) is 12.0 Å². The molecule has 0 aliphatic carbocycles. The van der Waals surface area contributed by atoms with Crippen molar-refractivity contribution in [3.05, 3.63) is 94.3 Å². The van der Waals surface area contributed by atoms with Gasteiger partial charge in [-0.3, -0.25) is 19.0 Å². The quantitative estimate of drug-likeness (QED) is 0.256. The van der Waals surface area contributed by atoms with Gasteiger partial charge in [-0.05, 0) is 85.8 Å². The van der Waals surface area contributed by atoms with E-state index in [-0.39, 0.29) is 35.8 Å². The zero-order chi connectivity index (χ0) is 32.8. The van der Waals surface area contributed by atoms with Gasteiger partial charge >= 0.3 is 0 Å². The molecule has 3 aromatic heterocycles. The van der Waals surface area contributed by atoms with Gasteiger partial charge in [0.1, 0.15) is 17.1 Å². The number of carbonyl (C=O) groups is 2. The summed E-state index contributed by atoms with van der Waals surface area (Å²) in [6.45, 7) is 2.75. The van der Waals surface area contributed by atoms with Gasteiger partial charge < -0.3 is 20.7 Å². The highest BCUT2D eigenvalue weighted by Gasteiger charge is 2.37. The highest BCUT2D eigenvalue weighted by molar-refractivity contribution is 6.06. The molecule has 2 aromatic carbocycles. The van der Waals surface area contributed by atoms with Crippen molar-refractivity contribution in [2.45, 2.75) is 44.6 Å². The largest absolute Gasteiger partial charge is 0.493 e. The first-order chi connectivity index (χ1) is 22.7. The molecule has 7 rings (SSSR count). The van der Waals surface area contributed by atoms with Gasteiger partial charge in [-0.15, -0.1) is 0 Å². The summed E-state index contributed by atoms with van der Waals surface area (Å²) >= 11 is 0. The van der Waals surface area contributed by atoms with Crippen LogP contribution in [-0.2, 0) is 11.8 Å². The van der Waals surface area contributed by atoms with E-state index in [0.29, 0.717) is 29.3 Å². The number of carbonyl (C=O) groups excluding carboxylic acids is 2. The maximum absolute atomic E-state index is 13.5. The summed E-state index contributed by atoms with van der Waals surface area (Å²) < 4.78 is 22.1. The number of piperidine rings is 1. The number of amides is 2. The molecule has 5 aromatic rings. The molecule has 2 aliphatic heterocycles. The molecule has 2 aliphatic rings. The number of nitrogens with one attached hydrogen (secondary N) is 1. The molecule has 0 radical (unpaired) electrons. The molecule has 2 unspecified atom stereocenters. The molecule has 240 valence electrons. The maximum atomic E-state index is 13.5. The lowest BCUT2D eigenvalue weighted by atomic mass is 9.87. The van der Waals surface area contributed by atoms with Gasteiger partial charge in [0.25, 0.3) is 11.5 Å². The van der Waals surface area contributed by atoms with Gasteiger partial charge in [0.2, 0.25) is 5.91 Å². The first kappa shape index (κ1) is 30.2. The van der Waals surface area contributed by atoms with E-state index < -0.39 is 17.3 Å². The zero-order valence-electron chi connectivity index (χ0n) is 26.1. The molecule has 11 nitrogen and oxygen atoms in total. The van der Waals surface area contributed by atoms with E-state index in [2.05, 4.69) is 16.5 Å². The monoisotopic (exact) mass is 635 g/mol. The Hall–Kier alpha value is -5.52. The minimum absolute atomic E-state index is 0.150. The summed E-state index contributed by atoms with van der Waals surface area (Å²) in [7, 11) is 1.82. The molecule has 0 bridgehead atoms. The first-order valence-electron chi connectivity index (χ1n) is 15.7. The van der Waals surface area contributed by atoms with Crippen LogP contribution >= 0.6 is 0 Å². The number of nitrogen functional groups attached to an aromatic ring is 1. The third-order valence-electron chi connectivity index (χ3n) is 9.13. The van der Waals surface area contributed by atoms with E-state index in [4.69, 9.17) is 15.5 Å². The lowest BCUT2D eigenvalue weighted by Gasteiger charge is -2.34. The predicted octanol–water partition coefficient (Wildman–Crippen LogP) is 5.03. The topological polar surface area (TPSA) is 137 Å². The van der Waals surface area contributed by atoms with Crippen molar-refractivity contribution in [1.82, 2.24) is 24.2 Å². The van der Waals surface area contributed by atoms with Crippen LogP contribution in [0.4, 0.5) is 15.9 Å². The second-order valence-corrected chi connectivity index (χ2v) is 12.0. The van der Waals surface area contributed by atoms with Crippen molar-refractivity contribution in [3.63, 3.8) is 0 Å². The molecule has 0 spiro atoms. The average molecular weight is 636 g/mol. The lowest BCUT2D eigenvalue weighted by molar-refractivity contribution is -0.129. The molecular formula is C35H34FN7O4. The molecule has 2 fully saturated rings. The lowest BCUT2D eigenvalue weighted by Crippen LogP contribution is -2.39. The van der Waals surface area contributed by atoms with Crippen LogP contribution in [0.5, 0.6) is 5.75 Å². The molecular weight excluding hydrogens is 601 g/mol. The third-order valence-corrected chi connectivity index (χ3v) is 9.13. The molecule has 2 amide bonds. The normalized spacial score (nSPS) is 17.6. The Labute approximate surface area is 269 Å². The van der Waals surface area contributed by atoms with Crippen molar-refractivity contribution in [2.75, 3.05) is 24.2 Å². The van der Waals surface area contributed by atoms with Crippen molar-refractivity contribution < 1.29 is 18.7 Å². The fourth-order valence-electron chi connectivity index (χ4n) is 6.82. The van der Waals surface area contributed by atoms with E-state index >= 15 is 0 Å². The van der Waals surface area contributed by atoms with Gasteiger partial charge in [-0.2, -0.15) is 5.10 Å². The summed E-state index contributed by atoms with van der Waals surface area (Å²) in [6, 6.07) is 16.6. The second-order valence-electron chi connectivity index (χ2n) is 12.0. The Morgan fingerprint density at radius 2 is 1.85 bits per heavy atom. The number of aryl methyl sites for hydroxylation is 1. The van der Waals surface area contributed by atoms with E-state index in [0.717, 1.165) is 48.0 Å². The van der Waals surface area contributed by atoms with E-state index in [1.165, 1.54) is 35.0 Å². The van der Waals surface area contributed by atoms with Crippen molar-refractivity contribution in [2.24, 2.45) is 7.05 Å². The summed E-state index contributed by atoms with van der Waals surface area (Å²) in [4.78, 5) is 46.3. The molecule has 47 heavy (non-hydrogen) atoms. The number of nitrogens with zero attached hydrogens (tertiary/aromatic N) is 5. The zero-order valence-corrected chi connectivity index (χ0v) is 26.1. The first-order valence-corrected chi connectivity index (χ1v) is 15.7. The van der Waals surface area contributed by atoms with E-state index in [1.54, 1.807) is 29.8 Å². The minimum atomic E-state index is -0.635. The summed E-state index contributed by atoms with van der Waals surface area (Å²) in [5.74, 6) is -0.110. The summed E-state index contributed by atoms with van der Waals surface area (Å²) in [6.07, 6.45) is 4.69. The fourth-order valence-corrected chi connectivity index (χ4v) is 6.82. The summed E-state index contributed by atoms with van der Waals surface area (Å²) in [5, 5.41) is 8.01. The van der Waals surface area contributed by atoms with E-state index in [9.17, 15) is 18.8 Å².